The molecule has 2 unspecified atom stereocenters. The third-order valence-corrected chi connectivity index (χ3v) is 7.34. The number of anilines is 1. The van der Waals surface area contributed by atoms with Gasteiger partial charge in [0.25, 0.3) is 5.91 Å². The Labute approximate surface area is 214 Å². The summed E-state index contributed by atoms with van der Waals surface area (Å²) in [6.07, 6.45) is 5.96. The predicted octanol–water partition coefficient (Wildman–Crippen LogP) is 6.56. The maximum absolute atomic E-state index is 12.5. The Hall–Kier alpha value is -3.60. The van der Waals surface area contributed by atoms with E-state index in [0.29, 0.717) is 18.0 Å². The molecule has 36 heavy (non-hydrogen) atoms. The molecule has 1 saturated carbocycles. The van der Waals surface area contributed by atoms with Gasteiger partial charge in [-0.2, -0.15) is 0 Å². The van der Waals surface area contributed by atoms with Gasteiger partial charge in [0.15, 0.2) is 0 Å². The first-order chi connectivity index (χ1) is 17.4. The fraction of sp³-hybridized carbons (Fsp3) is 0.355. The SMILES string of the molecule is CNC(=O)c1cccc(Cc2ccc(CNC(=O)Nc3ccc(C4CCCCC4C)c(C)c3)cc2)c1. The van der Waals surface area contributed by atoms with Crippen molar-refractivity contribution in [3.05, 3.63) is 100 Å². The molecule has 3 aromatic rings. The summed E-state index contributed by atoms with van der Waals surface area (Å²) in [5.41, 5.74) is 7.44. The summed E-state index contributed by atoms with van der Waals surface area (Å²) in [4.78, 5) is 24.4. The molecule has 0 spiro atoms. The Morgan fingerprint density at radius 3 is 2.36 bits per heavy atom. The van der Waals surface area contributed by atoms with E-state index in [1.54, 1.807) is 7.05 Å². The molecule has 1 aliphatic rings. The number of carbonyl (C=O) groups excluding carboxylic acids is 2. The molecule has 0 radical (unpaired) electrons. The maximum Gasteiger partial charge on any atom is 0.319 e. The molecule has 3 amide bonds. The molecule has 0 saturated heterocycles. The monoisotopic (exact) mass is 483 g/mol. The van der Waals surface area contributed by atoms with Crippen LogP contribution in [0, 0.1) is 12.8 Å². The number of aryl methyl sites for hydroxylation is 1. The lowest BCUT2D eigenvalue weighted by Gasteiger charge is -2.30. The number of amides is 3. The van der Waals surface area contributed by atoms with E-state index < -0.39 is 0 Å². The molecule has 3 aromatic carbocycles. The second-order valence-electron chi connectivity index (χ2n) is 10.0. The van der Waals surface area contributed by atoms with Crippen molar-refractivity contribution in [1.29, 1.82) is 0 Å². The quantitative estimate of drug-likeness (QED) is 0.356. The van der Waals surface area contributed by atoms with Gasteiger partial charge in [0, 0.05) is 24.8 Å². The standard InChI is InChI=1S/C31H37N3O2/c1-21-7-4-5-10-28(21)29-16-15-27(17-22(29)2)34-31(36)33-20-24-13-11-23(12-14-24)18-25-8-6-9-26(19-25)30(35)32-3/h6,8-9,11-17,19,21,28H,4-5,7,10,18,20H2,1-3H3,(H,32,35)(H2,33,34,36). The maximum atomic E-state index is 12.5. The molecule has 0 bridgehead atoms. The molecule has 0 heterocycles. The molecule has 1 fully saturated rings. The molecule has 4 rings (SSSR count). The average molecular weight is 484 g/mol. The second-order valence-corrected chi connectivity index (χ2v) is 10.0. The van der Waals surface area contributed by atoms with Gasteiger partial charge in [0.05, 0.1) is 0 Å². The summed E-state index contributed by atoms with van der Waals surface area (Å²) in [5, 5.41) is 8.59. The minimum atomic E-state index is -0.205. The van der Waals surface area contributed by atoms with E-state index in [9.17, 15) is 9.59 Å². The van der Waals surface area contributed by atoms with Crippen LogP contribution in [-0.2, 0) is 13.0 Å². The van der Waals surface area contributed by atoms with Crippen molar-refractivity contribution >= 4 is 17.6 Å². The average Bonchev–Trinajstić information content (AvgIpc) is 2.89. The Bertz CT molecular complexity index is 1200. The van der Waals surface area contributed by atoms with E-state index in [2.05, 4.69) is 54.1 Å². The lowest BCUT2D eigenvalue weighted by atomic mass is 9.75. The summed E-state index contributed by atoms with van der Waals surface area (Å²) in [6, 6.07) is 22.0. The highest BCUT2D eigenvalue weighted by Gasteiger charge is 2.24. The zero-order chi connectivity index (χ0) is 25.5. The normalized spacial score (nSPS) is 17.3. The Morgan fingerprint density at radius 1 is 0.889 bits per heavy atom. The molecule has 188 valence electrons. The number of carbonyl (C=O) groups is 2. The van der Waals surface area contributed by atoms with Crippen molar-refractivity contribution in [3.63, 3.8) is 0 Å². The highest BCUT2D eigenvalue weighted by Crippen LogP contribution is 2.39. The van der Waals surface area contributed by atoms with Crippen molar-refractivity contribution < 1.29 is 9.59 Å². The van der Waals surface area contributed by atoms with Gasteiger partial charge in [-0.1, -0.05) is 68.7 Å². The number of rotatable bonds is 7. The van der Waals surface area contributed by atoms with Crippen LogP contribution in [0.2, 0.25) is 0 Å². The molecule has 0 aliphatic heterocycles. The van der Waals surface area contributed by atoms with Crippen LogP contribution in [0.1, 0.15) is 76.7 Å². The van der Waals surface area contributed by atoms with E-state index in [-0.39, 0.29) is 11.9 Å². The summed E-state index contributed by atoms with van der Waals surface area (Å²) in [6.45, 7) is 4.96. The van der Waals surface area contributed by atoms with E-state index in [1.807, 2.05) is 42.5 Å². The van der Waals surface area contributed by atoms with Gasteiger partial charge in [-0.3, -0.25) is 4.79 Å². The largest absolute Gasteiger partial charge is 0.355 e. The van der Waals surface area contributed by atoms with Crippen molar-refractivity contribution in [2.45, 2.75) is 58.4 Å². The summed E-state index contributed by atoms with van der Waals surface area (Å²) in [5.74, 6) is 1.27. The summed E-state index contributed by atoms with van der Waals surface area (Å²) >= 11 is 0. The number of nitrogens with one attached hydrogen (secondary N) is 3. The lowest BCUT2D eigenvalue weighted by Crippen LogP contribution is -2.28. The first kappa shape index (κ1) is 25.5. The molecule has 5 nitrogen and oxygen atoms in total. The van der Waals surface area contributed by atoms with Crippen LogP contribution in [-0.4, -0.2) is 19.0 Å². The van der Waals surface area contributed by atoms with Crippen molar-refractivity contribution in [1.82, 2.24) is 10.6 Å². The first-order valence-electron chi connectivity index (χ1n) is 13.0. The molecule has 3 N–H and O–H groups in total. The highest BCUT2D eigenvalue weighted by molar-refractivity contribution is 5.94. The minimum absolute atomic E-state index is 0.0820. The molecule has 2 atom stereocenters. The Kier molecular flexibility index (Phi) is 8.42. The van der Waals surface area contributed by atoms with Crippen LogP contribution < -0.4 is 16.0 Å². The van der Waals surface area contributed by atoms with E-state index >= 15 is 0 Å². The van der Waals surface area contributed by atoms with Crippen molar-refractivity contribution in [3.8, 4) is 0 Å². The number of hydrogen-bond donors (Lipinski definition) is 3. The first-order valence-corrected chi connectivity index (χ1v) is 13.0. The fourth-order valence-electron chi connectivity index (χ4n) is 5.28. The van der Waals surface area contributed by atoms with E-state index in [1.165, 1.54) is 36.8 Å². The van der Waals surface area contributed by atoms with E-state index in [4.69, 9.17) is 0 Å². The minimum Gasteiger partial charge on any atom is -0.355 e. The van der Waals surface area contributed by atoms with Crippen LogP contribution in [0.5, 0.6) is 0 Å². The van der Waals surface area contributed by atoms with Crippen LogP contribution in [0.25, 0.3) is 0 Å². The van der Waals surface area contributed by atoms with E-state index in [0.717, 1.165) is 34.7 Å². The zero-order valence-electron chi connectivity index (χ0n) is 21.6. The van der Waals surface area contributed by atoms with Crippen LogP contribution in [0.3, 0.4) is 0 Å². The molecular formula is C31H37N3O2. The lowest BCUT2D eigenvalue weighted by molar-refractivity contribution is 0.0963. The van der Waals surface area contributed by atoms with Gasteiger partial charge >= 0.3 is 6.03 Å². The Morgan fingerprint density at radius 2 is 1.64 bits per heavy atom. The van der Waals surface area contributed by atoms with Gasteiger partial charge in [-0.05, 0) is 83.7 Å². The summed E-state index contributed by atoms with van der Waals surface area (Å²) < 4.78 is 0. The third-order valence-electron chi connectivity index (χ3n) is 7.34. The van der Waals surface area contributed by atoms with Crippen LogP contribution in [0.15, 0.2) is 66.7 Å². The third kappa shape index (κ3) is 6.54. The smallest absolute Gasteiger partial charge is 0.319 e. The predicted molar refractivity (Wildman–Crippen MR) is 146 cm³/mol. The van der Waals surface area contributed by atoms with Crippen LogP contribution in [0.4, 0.5) is 10.5 Å². The number of urea groups is 1. The second kappa shape index (κ2) is 11.9. The topological polar surface area (TPSA) is 70.2 Å². The molecular weight excluding hydrogens is 446 g/mol. The summed E-state index contributed by atoms with van der Waals surface area (Å²) in [7, 11) is 1.64. The fourth-order valence-corrected chi connectivity index (χ4v) is 5.28. The highest BCUT2D eigenvalue weighted by atomic mass is 16.2. The van der Waals surface area contributed by atoms with Gasteiger partial charge in [-0.15, -0.1) is 0 Å². The van der Waals surface area contributed by atoms with Gasteiger partial charge in [0.2, 0.25) is 0 Å². The van der Waals surface area contributed by atoms with Gasteiger partial charge in [-0.25, -0.2) is 4.79 Å². The molecule has 1 aliphatic carbocycles. The number of benzene rings is 3. The zero-order valence-corrected chi connectivity index (χ0v) is 21.6. The van der Waals surface area contributed by atoms with Gasteiger partial charge < -0.3 is 16.0 Å². The Balaban J connectivity index is 1.29. The van der Waals surface area contributed by atoms with Crippen molar-refractivity contribution in [2.75, 3.05) is 12.4 Å². The van der Waals surface area contributed by atoms with Gasteiger partial charge in [0.1, 0.15) is 0 Å². The van der Waals surface area contributed by atoms with Crippen LogP contribution >= 0.6 is 0 Å². The molecule has 5 heteroatoms. The molecule has 0 aromatic heterocycles. The number of hydrogen-bond acceptors (Lipinski definition) is 2. The van der Waals surface area contributed by atoms with Crippen molar-refractivity contribution in [2.24, 2.45) is 5.92 Å².